The van der Waals surface area contributed by atoms with Crippen LogP contribution in [0.4, 0.5) is 5.82 Å². The molecule has 1 aliphatic heterocycles. The summed E-state index contributed by atoms with van der Waals surface area (Å²) in [5.41, 5.74) is -0.0507. The molecule has 1 aliphatic rings. The number of rotatable bonds is 5. The first-order valence-electron chi connectivity index (χ1n) is 8.15. The van der Waals surface area contributed by atoms with E-state index in [0.29, 0.717) is 12.6 Å². The van der Waals surface area contributed by atoms with Crippen LogP contribution in [0.25, 0.3) is 0 Å². The van der Waals surface area contributed by atoms with Gasteiger partial charge >= 0.3 is 0 Å². The molecule has 0 radical (unpaired) electrons. The van der Waals surface area contributed by atoms with Gasteiger partial charge in [0.1, 0.15) is 11.4 Å². The molecule has 0 amide bonds. The van der Waals surface area contributed by atoms with Crippen LogP contribution in [0.2, 0.25) is 0 Å². The minimum Gasteiger partial charge on any atom is -0.384 e. The van der Waals surface area contributed by atoms with Gasteiger partial charge in [-0.3, -0.25) is 4.68 Å². The molecule has 2 aromatic rings. The lowest BCUT2D eigenvalue weighted by atomic mass is 9.97. The molecule has 6 nitrogen and oxygen atoms in total. The molecule has 3 heterocycles. The summed E-state index contributed by atoms with van der Waals surface area (Å²) in [6.07, 6.45) is 7.54. The van der Waals surface area contributed by atoms with Crippen molar-refractivity contribution in [3.8, 4) is 0 Å². The number of nitrogens with zero attached hydrogens (tertiary/aromatic N) is 4. The molecule has 0 aromatic carbocycles. The van der Waals surface area contributed by atoms with E-state index in [9.17, 15) is 5.11 Å². The van der Waals surface area contributed by atoms with E-state index in [4.69, 9.17) is 0 Å². The first-order chi connectivity index (χ1) is 11.0. The smallest absolute Gasteiger partial charge is 0.128 e. The average Bonchev–Trinajstić information content (AvgIpc) is 3.02. The van der Waals surface area contributed by atoms with Crippen molar-refractivity contribution in [1.29, 1.82) is 0 Å². The number of aliphatic hydroxyl groups is 1. The maximum absolute atomic E-state index is 10.6. The van der Waals surface area contributed by atoms with Crippen molar-refractivity contribution in [2.75, 3.05) is 24.5 Å². The van der Waals surface area contributed by atoms with E-state index >= 15 is 0 Å². The van der Waals surface area contributed by atoms with Gasteiger partial charge in [0.2, 0.25) is 0 Å². The van der Waals surface area contributed by atoms with Gasteiger partial charge in [0.25, 0.3) is 0 Å². The Morgan fingerprint density at radius 1 is 1.35 bits per heavy atom. The molecule has 3 rings (SSSR count). The van der Waals surface area contributed by atoms with E-state index < -0.39 is 5.60 Å². The van der Waals surface area contributed by atoms with Crippen molar-refractivity contribution in [3.63, 3.8) is 0 Å². The Morgan fingerprint density at radius 2 is 2.13 bits per heavy atom. The summed E-state index contributed by atoms with van der Waals surface area (Å²) in [7, 11) is 1.86. The van der Waals surface area contributed by atoms with E-state index in [2.05, 4.69) is 26.4 Å². The number of pyridine rings is 1. The Hall–Kier alpha value is -1.92. The van der Waals surface area contributed by atoms with Crippen LogP contribution in [-0.4, -0.2) is 45.5 Å². The van der Waals surface area contributed by atoms with E-state index in [1.165, 1.54) is 0 Å². The second kappa shape index (κ2) is 6.68. The highest BCUT2D eigenvalue weighted by atomic mass is 16.3. The minimum absolute atomic E-state index is 0.429. The third-order valence-electron chi connectivity index (χ3n) is 4.53. The summed E-state index contributed by atoms with van der Waals surface area (Å²) >= 11 is 0. The largest absolute Gasteiger partial charge is 0.384 e. The molecule has 124 valence electrons. The molecule has 1 unspecified atom stereocenters. The Bertz CT molecular complexity index is 617. The Morgan fingerprint density at radius 3 is 2.74 bits per heavy atom. The first-order valence-corrected chi connectivity index (χ1v) is 8.15. The molecule has 6 heteroatoms. The highest BCUT2D eigenvalue weighted by Crippen LogP contribution is 2.21. The maximum atomic E-state index is 10.6. The third kappa shape index (κ3) is 3.89. The topological polar surface area (TPSA) is 66.2 Å². The summed E-state index contributed by atoms with van der Waals surface area (Å²) in [6, 6.07) is 6.45. The SMILES string of the molecule is Cn1cc(C(C)(O)CNC2CCN(c3ccccn3)CC2)cn1. The van der Waals surface area contributed by atoms with Gasteiger partial charge in [-0.15, -0.1) is 0 Å². The monoisotopic (exact) mass is 315 g/mol. The van der Waals surface area contributed by atoms with Gasteiger partial charge < -0.3 is 15.3 Å². The highest BCUT2D eigenvalue weighted by Gasteiger charge is 2.27. The fourth-order valence-corrected chi connectivity index (χ4v) is 3.00. The van der Waals surface area contributed by atoms with E-state index in [1.807, 2.05) is 38.5 Å². The van der Waals surface area contributed by atoms with Crippen molar-refractivity contribution >= 4 is 5.82 Å². The molecule has 0 aliphatic carbocycles. The van der Waals surface area contributed by atoms with Gasteiger partial charge in [0, 0.05) is 50.7 Å². The van der Waals surface area contributed by atoms with Gasteiger partial charge in [-0.25, -0.2) is 4.98 Å². The zero-order valence-electron chi connectivity index (χ0n) is 13.8. The number of hydrogen-bond donors (Lipinski definition) is 2. The molecule has 2 N–H and O–H groups in total. The molecular weight excluding hydrogens is 290 g/mol. The number of aromatic nitrogens is 3. The number of piperidine rings is 1. The number of hydrogen-bond acceptors (Lipinski definition) is 5. The number of nitrogens with one attached hydrogen (secondary N) is 1. The van der Waals surface area contributed by atoms with Crippen LogP contribution in [0, 0.1) is 0 Å². The van der Waals surface area contributed by atoms with E-state index in [-0.39, 0.29) is 0 Å². The summed E-state index contributed by atoms with van der Waals surface area (Å²) in [5, 5.41) is 18.3. The number of anilines is 1. The molecule has 0 spiro atoms. The van der Waals surface area contributed by atoms with Crippen LogP contribution < -0.4 is 10.2 Å². The Balaban J connectivity index is 1.49. The predicted molar refractivity (Wildman–Crippen MR) is 90.3 cm³/mol. The van der Waals surface area contributed by atoms with Crippen LogP contribution in [0.1, 0.15) is 25.3 Å². The molecule has 1 fully saturated rings. The second-order valence-corrected chi connectivity index (χ2v) is 6.51. The minimum atomic E-state index is -0.896. The van der Waals surface area contributed by atoms with E-state index in [0.717, 1.165) is 37.3 Å². The molecule has 23 heavy (non-hydrogen) atoms. The third-order valence-corrected chi connectivity index (χ3v) is 4.53. The second-order valence-electron chi connectivity index (χ2n) is 6.51. The lowest BCUT2D eigenvalue weighted by molar-refractivity contribution is 0.0527. The summed E-state index contributed by atoms with van der Waals surface area (Å²) in [6.45, 7) is 4.35. The van der Waals surface area contributed by atoms with Gasteiger partial charge in [-0.1, -0.05) is 6.07 Å². The normalized spacial score (nSPS) is 18.8. The van der Waals surface area contributed by atoms with Gasteiger partial charge in [-0.2, -0.15) is 5.10 Å². The van der Waals surface area contributed by atoms with Gasteiger partial charge in [-0.05, 0) is 31.9 Å². The quantitative estimate of drug-likeness (QED) is 0.870. The average molecular weight is 315 g/mol. The van der Waals surface area contributed by atoms with Crippen LogP contribution >= 0.6 is 0 Å². The molecule has 1 atom stereocenters. The Labute approximate surface area is 137 Å². The van der Waals surface area contributed by atoms with Crippen LogP contribution in [0.15, 0.2) is 36.8 Å². The van der Waals surface area contributed by atoms with Gasteiger partial charge in [0.15, 0.2) is 0 Å². The van der Waals surface area contributed by atoms with E-state index in [1.54, 1.807) is 10.9 Å². The molecular formula is C17H25N5O. The molecule has 2 aromatic heterocycles. The Kier molecular flexibility index (Phi) is 4.63. The summed E-state index contributed by atoms with van der Waals surface area (Å²) < 4.78 is 1.72. The summed E-state index contributed by atoms with van der Waals surface area (Å²) in [5.74, 6) is 1.05. The van der Waals surface area contributed by atoms with Crippen molar-refractivity contribution in [2.24, 2.45) is 7.05 Å². The van der Waals surface area contributed by atoms with Crippen molar-refractivity contribution in [1.82, 2.24) is 20.1 Å². The zero-order chi connectivity index (χ0) is 16.3. The molecule has 0 saturated carbocycles. The highest BCUT2D eigenvalue weighted by molar-refractivity contribution is 5.38. The maximum Gasteiger partial charge on any atom is 0.128 e. The fraction of sp³-hybridized carbons (Fsp3) is 0.529. The zero-order valence-corrected chi connectivity index (χ0v) is 13.8. The number of aryl methyl sites for hydroxylation is 1. The van der Waals surface area contributed by atoms with Gasteiger partial charge in [0.05, 0.1) is 6.20 Å². The van der Waals surface area contributed by atoms with Crippen LogP contribution in [-0.2, 0) is 12.6 Å². The standard InChI is InChI=1S/C17H25N5O/c1-17(23,14-11-20-21(2)12-14)13-19-15-6-9-22(10-7-15)16-5-3-4-8-18-16/h3-5,8,11-12,15,19,23H,6-7,9-10,13H2,1-2H3. The van der Waals surface area contributed by atoms with Crippen molar-refractivity contribution in [2.45, 2.75) is 31.4 Å². The van der Waals surface area contributed by atoms with Crippen molar-refractivity contribution in [3.05, 3.63) is 42.4 Å². The summed E-state index contributed by atoms with van der Waals surface area (Å²) in [4.78, 5) is 6.73. The van der Waals surface area contributed by atoms with Crippen LogP contribution in [0.3, 0.4) is 0 Å². The lowest BCUT2D eigenvalue weighted by Crippen LogP contribution is -2.46. The molecule has 0 bridgehead atoms. The van der Waals surface area contributed by atoms with Crippen LogP contribution in [0.5, 0.6) is 0 Å². The van der Waals surface area contributed by atoms with Crippen molar-refractivity contribution < 1.29 is 5.11 Å². The fourth-order valence-electron chi connectivity index (χ4n) is 3.00. The lowest BCUT2D eigenvalue weighted by Gasteiger charge is -2.34. The predicted octanol–water partition coefficient (Wildman–Crippen LogP) is 1.28. The first kappa shape index (κ1) is 16.0. The molecule has 1 saturated heterocycles.